The van der Waals surface area contributed by atoms with Gasteiger partial charge in [-0.3, -0.25) is 0 Å². The summed E-state index contributed by atoms with van der Waals surface area (Å²) in [4.78, 5) is 8.98. The Labute approximate surface area is 98.9 Å². The highest BCUT2D eigenvalue weighted by Crippen LogP contribution is 2.40. The van der Waals surface area contributed by atoms with E-state index in [-0.39, 0.29) is 0 Å². The summed E-state index contributed by atoms with van der Waals surface area (Å²) in [5.41, 5.74) is 1.79. The van der Waals surface area contributed by atoms with Crippen molar-refractivity contribution >= 4 is 5.82 Å². The third-order valence-electron chi connectivity index (χ3n) is 2.74. The van der Waals surface area contributed by atoms with E-state index in [1.54, 1.807) is 6.20 Å². The molecule has 6 nitrogen and oxygen atoms in total. The zero-order valence-corrected chi connectivity index (χ0v) is 9.64. The van der Waals surface area contributed by atoms with Crippen LogP contribution in [0.3, 0.4) is 0 Å². The molecule has 1 saturated carbocycles. The first-order valence-corrected chi connectivity index (χ1v) is 5.86. The molecule has 0 radical (unpaired) electrons. The Morgan fingerprint density at radius 1 is 1.41 bits per heavy atom. The summed E-state index contributed by atoms with van der Waals surface area (Å²) in [5.74, 6) is 2.10. The molecule has 0 unspecified atom stereocenters. The fourth-order valence-corrected chi connectivity index (χ4v) is 1.75. The fourth-order valence-electron chi connectivity index (χ4n) is 1.75. The summed E-state index contributed by atoms with van der Waals surface area (Å²) >= 11 is 0. The predicted molar refractivity (Wildman–Crippen MR) is 63.5 cm³/mol. The van der Waals surface area contributed by atoms with Crippen LogP contribution < -0.4 is 5.32 Å². The lowest BCUT2D eigenvalue weighted by atomic mass is 10.2. The zero-order chi connectivity index (χ0) is 11.7. The number of anilines is 1. The molecule has 0 spiro atoms. The topological polar surface area (TPSA) is 79.4 Å². The Kier molecular flexibility index (Phi) is 2.47. The molecule has 88 valence electrons. The van der Waals surface area contributed by atoms with Crippen LogP contribution in [0.15, 0.2) is 12.3 Å². The number of nitrogens with one attached hydrogen (secondary N) is 2. The lowest BCUT2D eigenvalue weighted by Gasteiger charge is -2.06. The van der Waals surface area contributed by atoms with Crippen molar-refractivity contribution in [2.75, 3.05) is 11.9 Å². The maximum atomic E-state index is 4.55. The lowest BCUT2D eigenvalue weighted by molar-refractivity contribution is 0.932. The second-order valence-corrected chi connectivity index (χ2v) is 4.16. The molecule has 1 fully saturated rings. The second-order valence-electron chi connectivity index (χ2n) is 4.16. The van der Waals surface area contributed by atoms with Crippen molar-refractivity contribution in [2.24, 2.45) is 0 Å². The van der Waals surface area contributed by atoms with Gasteiger partial charge in [-0.2, -0.15) is 15.4 Å². The van der Waals surface area contributed by atoms with Gasteiger partial charge in [-0.15, -0.1) is 0 Å². The molecule has 17 heavy (non-hydrogen) atoms. The van der Waals surface area contributed by atoms with Gasteiger partial charge in [0.15, 0.2) is 5.82 Å². The Bertz CT molecular complexity index is 503. The number of H-pyrrole nitrogens is 1. The van der Waals surface area contributed by atoms with Gasteiger partial charge in [0.1, 0.15) is 11.5 Å². The van der Waals surface area contributed by atoms with E-state index in [2.05, 4.69) is 37.6 Å². The first-order valence-electron chi connectivity index (χ1n) is 5.86. The molecule has 2 heterocycles. The smallest absolute Gasteiger partial charge is 0.183 e. The van der Waals surface area contributed by atoms with Crippen molar-refractivity contribution in [3.8, 4) is 11.5 Å². The third kappa shape index (κ3) is 2.11. The molecule has 0 saturated heterocycles. The average molecular weight is 230 g/mol. The van der Waals surface area contributed by atoms with Gasteiger partial charge in [0, 0.05) is 24.2 Å². The van der Waals surface area contributed by atoms with E-state index >= 15 is 0 Å². The highest BCUT2D eigenvalue weighted by Gasteiger charge is 2.26. The van der Waals surface area contributed by atoms with Crippen LogP contribution in [-0.4, -0.2) is 31.9 Å². The number of nitrogens with zero attached hydrogens (tertiary/aromatic N) is 4. The molecular weight excluding hydrogens is 216 g/mol. The molecule has 2 N–H and O–H groups in total. The van der Waals surface area contributed by atoms with Crippen LogP contribution in [0.5, 0.6) is 0 Å². The van der Waals surface area contributed by atoms with Crippen LogP contribution in [0.2, 0.25) is 0 Å². The molecule has 3 rings (SSSR count). The van der Waals surface area contributed by atoms with Gasteiger partial charge >= 0.3 is 0 Å². The van der Waals surface area contributed by atoms with Crippen molar-refractivity contribution in [3.05, 3.63) is 18.0 Å². The van der Waals surface area contributed by atoms with E-state index in [9.17, 15) is 0 Å². The molecule has 2 aromatic rings. The van der Waals surface area contributed by atoms with E-state index in [0.717, 1.165) is 18.1 Å². The number of rotatable bonds is 4. The van der Waals surface area contributed by atoms with E-state index < -0.39 is 0 Å². The van der Waals surface area contributed by atoms with E-state index in [0.29, 0.717) is 17.4 Å². The molecule has 0 bridgehead atoms. The number of aromatic amines is 1. The average Bonchev–Trinajstić information content (AvgIpc) is 3.05. The minimum atomic E-state index is 0.598. The largest absolute Gasteiger partial charge is 0.370 e. The Balaban J connectivity index is 2.01. The quantitative estimate of drug-likeness (QED) is 0.833. The summed E-state index contributed by atoms with van der Waals surface area (Å²) < 4.78 is 0. The zero-order valence-electron chi connectivity index (χ0n) is 9.64. The predicted octanol–water partition coefficient (Wildman–Crippen LogP) is 1.57. The van der Waals surface area contributed by atoms with Crippen molar-refractivity contribution in [2.45, 2.75) is 25.7 Å². The number of aromatic nitrogens is 5. The van der Waals surface area contributed by atoms with Crippen LogP contribution in [0.4, 0.5) is 5.82 Å². The highest BCUT2D eigenvalue weighted by molar-refractivity contribution is 5.52. The minimum Gasteiger partial charge on any atom is -0.370 e. The molecule has 0 amide bonds. The molecule has 1 aliphatic carbocycles. The van der Waals surface area contributed by atoms with Crippen molar-refractivity contribution in [1.82, 2.24) is 25.4 Å². The molecular formula is C11H14N6. The third-order valence-corrected chi connectivity index (χ3v) is 2.74. The fraction of sp³-hybridized carbons (Fsp3) is 0.455. The second kappa shape index (κ2) is 4.12. The van der Waals surface area contributed by atoms with Crippen LogP contribution in [0, 0.1) is 0 Å². The first-order chi connectivity index (χ1) is 8.36. The van der Waals surface area contributed by atoms with Crippen molar-refractivity contribution < 1.29 is 0 Å². The summed E-state index contributed by atoms with van der Waals surface area (Å²) in [5, 5.41) is 13.6. The summed E-state index contributed by atoms with van der Waals surface area (Å²) in [6, 6.07) is 2.03. The van der Waals surface area contributed by atoms with Gasteiger partial charge in [0.25, 0.3) is 0 Å². The van der Waals surface area contributed by atoms with E-state index in [4.69, 9.17) is 0 Å². The first kappa shape index (κ1) is 10.2. The van der Waals surface area contributed by atoms with Crippen LogP contribution >= 0.6 is 0 Å². The van der Waals surface area contributed by atoms with Crippen LogP contribution in [-0.2, 0) is 0 Å². The Hall–Kier alpha value is -1.98. The van der Waals surface area contributed by atoms with Gasteiger partial charge in [0.05, 0.1) is 6.20 Å². The van der Waals surface area contributed by atoms with Gasteiger partial charge in [-0.05, 0) is 19.8 Å². The SMILES string of the molecule is CCNc1cc(C2CC2)nc(-c2cn[nH]n2)n1. The maximum Gasteiger partial charge on any atom is 0.183 e. The maximum absolute atomic E-state index is 4.55. The summed E-state index contributed by atoms with van der Waals surface area (Å²) in [7, 11) is 0. The summed E-state index contributed by atoms with van der Waals surface area (Å²) in [6.07, 6.45) is 4.09. The van der Waals surface area contributed by atoms with Crippen LogP contribution in [0.25, 0.3) is 11.5 Å². The van der Waals surface area contributed by atoms with Crippen molar-refractivity contribution in [1.29, 1.82) is 0 Å². The summed E-state index contributed by atoms with van der Waals surface area (Å²) in [6.45, 7) is 2.90. The van der Waals surface area contributed by atoms with Crippen LogP contribution in [0.1, 0.15) is 31.4 Å². The monoisotopic (exact) mass is 230 g/mol. The molecule has 0 aromatic carbocycles. The minimum absolute atomic E-state index is 0.598. The Morgan fingerprint density at radius 2 is 2.29 bits per heavy atom. The van der Waals surface area contributed by atoms with E-state index in [1.165, 1.54) is 12.8 Å². The normalized spacial score (nSPS) is 14.9. The molecule has 1 aliphatic rings. The number of hydrogen-bond donors (Lipinski definition) is 2. The van der Waals surface area contributed by atoms with Gasteiger partial charge < -0.3 is 5.32 Å². The van der Waals surface area contributed by atoms with Crippen molar-refractivity contribution in [3.63, 3.8) is 0 Å². The molecule has 2 aromatic heterocycles. The standard InChI is InChI=1S/C11H14N6/c1-2-12-10-5-8(7-3-4-7)14-11(15-10)9-6-13-17-16-9/h5-7H,2-4H2,1H3,(H,12,14,15)(H,13,16,17). The molecule has 0 aliphatic heterocycles. The van der Waals surface area contributed by atoms with Gasteiger partial charge in [-0.25, -0.2) is 9.97 Å². The van der Waals surface area contributed by atoms with Gasteiger partial charge in [0.2, 0.25) is 0 Å². The Morgan fingerprint density at radius 3 is 2.94 bits per heavy atom. The van der Waals surface area contributed by atoms with Gasteiger partial charge in [-0.1, -0.05) is 0 Å². The lowest BCUT2D eigenvalue weighted by Crippen LogP contribution is -2.03. The number of hydrogen-bond acceptors (Lipinski definition) is 5. The molecule has 6 heteroatoms. The highest BCUT2D eigenvalue weighted by atomic mass is 15.3. The molecule has 0 atom stereocenters. The van der Waals surface area contributed by atoms with E-state index in [1.807, 2.05) is 6.07 Å².